The molecule has 3 aromatic rings. The van der Waals surface area contributed by atoms with E-state index in [1.807, 2.05) is 60.7 Å². The van der Waals surface area contributed by atoms with Crippen molar-refractivity contribution < 1.29 is 13.5 Å². The van der Waals surface area contributed by atoms with Crippen LogP contribution in [0.5, 0.6) is 0 Å². The number of rotatable bonds is 6. The summed E-state index contributed by atoms with van der Waals surface area (Å²) in [4.78, 5) is 2.09. The van der Waals surface area contributed by atoms with Crippen molar-refractivity contribution in [3.8, 4) is 0 Å². The predicted molar refractivity (Wildman–Crippen MR) is 125 cm³/mol. The van der Waals surface area contributed by atoms with Gasteiger partial charge in [-0.1, -0.05) is 89.9 Å². The van der Waals surface area contributed by atoms with Crippen LogP contribution >= 0.6 is 23.2 Å². The zero-order valence-corrected chi connectivity index (χ0v) is 19.3. The van der Waals surface area contributed by atoms with Crippen molar-refractivity contribution in [3.63, 3.8) is 0 Å². The summed E-state index contributed by atoms with van der Waals surface area (Å²) in [6.07, 6.45) is 1.13. The molecule has 4 nitrogen and oxygen atoms in total. The number of nitrogens with zero attached hydrogens (tertiary/aromatic N) is 1. The lowest BCUT2D eigenvalue weighted by molar-refractivity contribution is -0.112. The van der Waals surface area contributed by atoms with Gasteiger partial charge in [0.15, 0.2) is 9.84 Å². The van der Waals surface area contributed by atoms with Gasteiger partial charge in [0.2, 0.25) is 0 Å². The van der Waals surface area contributed by atoms with Crippen LogP contribution in [0.4, 0.5) is 0 Å². The molecule has 4 rings (SSSR count). The normalized spacial score (nSPS) is 17.3. The second-order valence-electron chi connectivity index (χ2n) is 8.11. The summed E-state index contributed by atoms with van der Waals surface area (Å²) in [5.74, 6) is 0. The van der Waals surface area contributed by atoms with Gasteiger partial charge in [-0.25, -0.2) is 8.42 Å². The number of β-amino-alcohol motifs (C(OH)–C–C–N with tert-alkyl or cyclic N) is 1. The summed E-state index contributed by atoms with van der Waals surface area (Å²) >= 11 is 12.3. The first-order valence-electron chi connectivity index (χ1n) is 9.89. The van der Waals surface area contributed by atoms with Crippen LogP contribution in [-0.2, 0) is 9.84 Å². The highest BCUT2D eigenvalue weighted by Gasteiger charge is 2.54. The third-order valence-electron chi connectivity index (χ3n) is 5.71. The lowest BCUT2D eigenvalue weighted by atomic mass is 9.82. The van der Waals surface area contributed by atoms with Gasteiger partial charge in [0.1, 0.15) is 10.9 Å². The molecule has 1 heterocycles. The van der Waals surface area contributed by atoms with Crippen LogP contribution in [0.25, 0.3) is 0 Å². The molecule has 31 heavy (non-hydrogen) atoms. The van der Waals surface area contributed by atoms with Crippen molar-refractivity contribution in [2.75, 3.05) is 19.3 Å². The summed E-state index contributed by atoms with van der Waals surface area (Å²) in [6, 6.07) is 24.6. The Morgan fingerprint density at radius 1 is 0.903 bits per heavy atom. The third-order valence-corrected chi connectivity index (χ3v) is 7.82. The molecule has 1 saturated heterocycles. The molecule has 3 aromatic carbocycles. The molecule has 1 N–H and O–H groups in total. The Labute approximate surface area is 193 Å². The first-order valence-corrected chi connectivity index (χ1v) is 12.6. The fraction of sp³-hybridized carbons (Fsp3) is 0.250. The number of benzene rings is 3. The maximum absolute atomic E-state index is 12.8. The highest BCUT2D eigenvalue weighted by molar-refractivity contribution is 7.91. The van der Waals surface area contributed by atoms with E-state index in [-0.39, 0.29) is 24.2 Å². The monoisotopic (exact) mass is 475 g/mol. The van der Waals surface area contributed by atoms with E-state index in [9.17, 15) is 13.5 Å². The maximum atomic E-state index is 12.8. The van der Waals surface area contributed by atoms with E-state index in [0.717, 1.165) is 17.4 Å². The van der Waals surface area contributed by atoms with Gasteiger partial charge in [-0.05, 0) is 28.8 Å². The molecule has 0 saturated carbocycles. The molecular formula is C24H23Cl2NO3S. The van der Waals surface area contributed by atoms with Gasteiger partial charge in [0.25, 0.3) is 0 Å². The third kappa shape index (κ3) is 4.52. The summed E-state index contributed by atoms with van der Waals surface area (Å²) < 4.78 is 25.5. The lowest BCUT2D eigenvalue weighted by Gasteiger charge is -2.53. The minimum absolute atomic E-state index is 0.0939. The first kappa shape index (κ1) is 22.3. The van der Waals surface area contributed by atoms with Crippen molar-refractivity contribution in [1.82, 2.24) is 4.90 Å². The average Bonchev–Trinajstić information content (AvgIpc) is 2.70. The van der Waals surface area contributed by atoms with Crippen LogP contribution in [0.3, 0.4) is 0 Å². The van der Waals surface area contributed by atoms with E-state index < -0.39 is 20.7 Å². The van der Waals surface area contributed by atoms with Crippen LogP contribution in [0.2, 0.25) is 10.0 Å². The standard InChI is InChI=1S/C24H23Cl2NO3S/c1-31(29,30)23(20-13-12-19(25)14-21(20)26)24(28)15-27(16-24)22(17-8-4-2-5-9-17)18-10-6-3-7-11-18/h2-14,22-23,28H,15-16H2,1H3. The van der Waals surface area contributed by atoms with Gasteiger partial charge < -0.3 is 5.11 Å². The van der Waals surface area contributed by atoms with E-state index >= 15 is 0 Å². The minimum Gasteiger partial charge on any atom is -0.385 e. The molecule has 1 atom stereocenters. The Bertz CT molecular complexity index is 1120. The Morgan fingerprint density at radius 2 is 1.42 bits per heavy atom. The molecule has 0 amide bonds. The fourth-order valence-electron chi connectivity index (χ4n) is 4.52. The molecular weight excluding hydrogens is 453 g/mol. The summed E-state index contributed by atoms with van der Waals surface area (Å²) in [5, 5.41) is 11.0. The molecule has 0 bridgehead atoms. The van der Waals surface area contributed by atoms with E-state index in [2.05, 4.69) is 4.90 Å². The SMILES string of the molecule is CS(=O)(=O)C(c1ccc(Cl)cc1Cl)C1(O)CN(C(c2ccccc2)c2ccccc2)C1. The maximum Gasteiger partial charge on any atom is 0.157 e. The van der Waals surface area contributed by atoms with Crippen LogP contribution in [0, 0.1) is 0 Å². The number of halogens is 2. The van der Waals surface area contributed by atoms with Gasteiger partial charge in [-0.15, -0.1) is 0 Å². The van der Waals surface area contributed by atoms with Crippen LogP contribution in [0.15, 0.2) is 78.9 Å². The van der Waals surface area contributed by atoms with Gasteiger partial charge in [-0.2, -0.15) is 0 Å². The first-order chi connectivity index (χ1) is 14.7. The molecule has 0 aromatic heterocycles. The number of sulfone groups is 1. The number of aliphatic hydroxyl groups is 1. The van der Waals surface area contributed by atoms with Crippen molar-refractivity contribution in [2.45, 2.75) is 16.9 Å². The van der Waals surface area contributed by atoms with Crippen molar-refractivity contribution in [2.24, 2.45) is 0 Å². The molecule has 1 aliphatic rings. The Kier molecular flexibility index (Phi) is 6.16. The molecule has 0 radical (unpaired) electrons. The van der Waals surface area contributed by atoms with Crippen molar-refractivity contribution in [3.05, 3.63) is 106 Å². The Hall–Kier alpha value is -1.89. The lowest BCUT2D eigenvalue weighted by Crippen LogP contribution is -2.66. The van der Waals surface area contributed by atoms with Gasteiger partial charge in [0, 0.05) is 29.4 Å². The highest BCUT2D eigenvalue weighted by atomic mass is 35.5. The quantitative estimate of drug-likeness (QED) is 0.549. The molecule has 0 spiro atoms. The van der Waals surface area contributed by atoms with Gasteiger partial charge in [-0.3, -0.25) is 4.90 Å². The van der Waals surface area contributed by atoms with Gasteiger partial charge >= 0.3 is 0 Å². The van der Waals surface area contributed by atoms with E-state index in [1.54, 1.807) is 12.1 Å². The number of likely N-dealkylation sites (tertiary alicyclic amines) is 1. The largest absolute Gasteiger partial charge is 0.385 e. The van der Waals surface area contributed by atoms with Gasteiger partial charge in [0.05, 0.1) is 6.04 Å². The molecule has 1 aliphatic heterocycles. The Morgan fingerprint density at radius 3 is 1.87 bits per heavy atom. The fourth-order valence-corrected chi connectivity index (χ4v) is 6.72. The molecule has 162 valence electrons. The average molecular weight is 476 g/mol. The highest BCUT2D eigenvalue weighted by Crippen LogP contribution is 2.46. The second kappa shape index (κ2) is 8.57. The minimum atomic E-state index is -3.65. The molecule has 0 aliphatic carbocycles. The van der Waals surface area contributed by atoms with E-state index in [1.165, 1.54) is 6.07 Å². The predicted octanol–water partition coefficient (Wildman–Crippen LogP) is 4.92. The van der Waals surface area contributed by atoms with Crippen LogP contribution in [0.1, 0.15) is 28.0 Å². The summed E-state index contributed by atoms with van der Waals surface area (Å²) in [5.41, 5.74) is 1.06. The van der Waals surface area contributed by atoms with Crippen molar-refractivity contribution >= 4 is 33.0 Å². The Balaban J connectivity index is 1.69. The van der Waals surface area contributed by atoms with Crippen molar-refractivity contribution in [1.29, 1.82) is 0 Å². The molecule has 1 fully saturated rings. The smallest absolute Gasteiger partial charge is 0.157 e. The zero-order chi connectivity index (χ0) is 22.2. The van der Waals surface area contributed by atoms with Crippen LogP contribution in [-0.4, -0.2) is 43.4 Å². The summed E-state index contributed by atoms with van der Waals surface area (Å²) in [6.45, 7) is 0.385. The molecule has 7 heteroatoms. The topological polar surface area (TPSA) is 57.6 Å². The number of hydrogen-bond acceptors (Lipinski definition) is 4. The summed E-state index contributed by atoms with van der Waals surface area (Å²) in [7, 11) is -3.65. The zero-order valence-electron chi connectivity index (χ0n) is 16.9. The second-order valence-corrected chi connectivity index (χ2v) is 11.1. The van der Waals surface area contributed by atoms with E-state index in [4.69, 9.17) is 23.2 Å². The van der Waals surface area contributed by atoms with E-state index in [0.29, 0.717) is 10.6 Å². The van der Waals surface area contributed by atoms with Crippen LogP contribution < -0.4 is 0 Å². The molecule has 1 unspecified atom stereocenters. The number of hydrogen-bond donors (Lipinski definition) is 1.